The highest BCUT2D eigenvalue weighted by Gasteiger charge is 2.13. The fourth-order valence-electron chi connectivity index (χ4n) is 0.955. The van der Waals surface area contributed by atoms with Crippen molar-refractivity contribution in [2.75, 3.05) is 24.8 Å². The second-order valence-corrected chi connectivity index (χ2v) is 3.18. The molecule has 6 heteroatoms. The summed E-state index contributed by atoms with van der Waals surface area (Å²) in [5.41, 5.74) is -0.186. The first-order chi connectivity index (χ1) is 7.24. The van der Waals surface area contributed by atoms with Crippen LogP contribution in [-0.4, -0.2) is 29.7 Å². The molecule has 0 N–H and O–H groups in total. The standard InChI is InChI=1S/C9H8Cl2N4/c10-1-3-15(4-2-11)9(7-14)8(5-12)6-13/h1-4H2. The van der Waals surface area contributed by atoms with Gasteiger partial charge in [0.05, 0.1) is 0 Å². The molecular formula is C9H8Cl2N4. The minimum Gasteiger partial charge on any atom is -0.359 e. The van der Waals surface area contributed by atoms with Gasteiger partial charge in [0.2, 0.25) is 0 Å². The van der Waals surface area contributed by atoms with Gasteiger partial charge in [-0.2, -0.15) is 15.8 Å². The molecule has 0 atom stereocenters. The molecule has 78 valence electrons. The monoisotopic (exact) mass is 242 g/mol. The van der Waals surface area contributed by atoms with Crippen molar-refractivity contribution < 1.29 is 0 Å². The van der Waals surface area contributed by atoms with Crippen molar-refractivity contribution in [2.24, 2.45) is 0 Å². The number of halogens is 2. The molecule has 0 rings (SSSR count). The van der Waals surface area contributed by atoms with Crippen molar-refractivity contribution in [1.82, 2.24) is 4.90 Å². The molecule has 0 radical (unpaired) electrons. The zero-order valence-corrected chi connectivity index (χ0v) is 9.39. The number of nitrogens with zero attached hydrogens (tertiary/aromatic N) is 4. The Morgan fingerprint density at radius 2 is 1.40 bits per heavy atom. The van der Waals surface area contributed by atoms with Crippen molar-refractivity contribution in [3.63, 3.8) is 0 Å². The quantitative estimate of drug-likeness (QED) is 0.542. The molecule has 0 unspecified atom stereocenters. The first-order valence-corrected chi connectivity index (χ1v) is 5.13. The van der Waals surface area contributed by atoms with E-state index in [0.29, 0.717) is 24.8 Å². The lowest BCUT2D eigenvalue weighted by atomic mass is 10.2. The van der Waals surface area contributed by atoms with Crippen molar-refractivity contribution in [1.29, 1.82) is 15.8 Å². The molecule has 0 saturated heterocycles. The molecule has 0 aromatic carbocycles. The van der Waals surface area contributed by atoms with Crippen LogP contribution in [0.5, 0.6) is 0 Å². The molecule has 0 aromatic rings. The topological polar surface area (TPSA) is 74.6 Å². The highest BCUT2D eigenvalue weighted by atomic mass is 35.5. The highest BCUT2D eigenvalue weighted by molar-refractivity contribution is 6.18. The van der Waals surface area contributed by atoms with Gasteiger partial charge in [-0.05, 0) is 0 Å². The maximum absolute atomic E-state index is 8.84. The average Bonchev–Trinajstić information content (AvgIpc) is 2.25. The number of nitriles is 3. The third-order valence-corrected chi connectivity index (χ3v) is 1.93. The summed E-state index contributed by atoms with van der Waals surface area (Å²) in [5, 5.41) is 26.1. The second kappa shape index (κ2) is 7.94. The van der Waals surface area contributed by atoms with Gasteiger partial charge in [-0.15, -0.1) is 23.2 Å². The predicted molar refractivity (Wildman–Crippen MR) is 56.9 cm³/mol. The largest absolute Gasteiger partial charge is 0.359 e. The lowest BCUT2D eigenvalue weighted by Crippen LogP contribution is -2.27. The van der Waals surface area contributed by atoms with E-state index in [-0.39, 0.29) is 11.3 Å². The molecule has 15 heavy (non-hydrogen) atoms. The smallest absolute Gasteiger partial charge is 0.163 e. The number of hydrogen-bond donors (Lipinski definition) is 0. The normalized spacial score (nSPS) is 8.20. The Kier molecular flexibility index (Phi) is 7.20. The molecule has 0 heterocycles. The van der Waals surface area contributed by atoms with E-state index in [4.69, 9.17) is 39.0 Å². The molecule has 0 saturated carbocycles. The van der Waals surface area contributed by atoms with Crippen molar-refractivity contribution >= 4 is 23.2 Å². The summed E-state index contributed by atoms with van der Waals surface area (Å²) < 4.78 is 0. The summed E-state index contributed by atoms with van der Waals surface area (Å²) in [7, 11) is 0. The van der Waals surface area contributed by atoms with Gasteiger partial charge in [-0.1, -0.05) is 0 Å². The zero-order chi connectivity index (χ0) is 11.7. The Morgan fingerprint density at radius 3 is 1.67 bits per heavy atom. The number of allylic oxidation sites excluding steroid dienone is 2. The van der Waals surface area contributed by atoms with Crippen LogP contribution in [-0.2, 0) is 0 Å². The van der Waals surface area contributed by atoms with Crippen LogP contribution in [0.1, 0.15) is 0 Å². The summed E-state index contributed by atoms with van der Waals surface area (Å²) in [4.78, 5) is 1.53. The zero-order valence-electron chi connectivity index (χ0n) is 7.87. The summed E-state index contributed by atoms with van der Waals surface area (Å²) in [6.45, 7) is 0.758. The van der Waals surface area contributed by atoms with Crippen LogP contribution in [0.2, 0.25) is 0 Å². The maximum Gasteiger partial charge on any atom is 0.163 e. The molecule has 4 nitrogen and oxygen atoms in total. The van der Waals surface area contributed by atoms with E-state index in [0.717, 1.165) is 0 Å². The van der Waals surface area contributed by atoms with Crippen LogP contribution < -0.4 is 0 Å². The van der Waals surface area contributed by atoms with Gasteiger partial charge in [0.1, 0.15) is 23.9 Å². The minimum absolute atomic E-state index is 0.0290. The van der Waals surface area contributed by atoms with Gasteiger partial charge >= 0.3 is 0 Å². The van der Waals surface area contributed by atoms with Gasteiger partial charge in [-0.3, -0.25) is 0 Å². The van der Waals surface area contributed by atoms with Crippen molar-refractivity contribution in [3.05, 3.63) is 11.3 Å². The fraction of sp³-hybridized carbons (Fsp3) is 0.444. The second-order valence-electron chi connectivity index (χ2n) is 2.42. The summed E-state index contributed by atoms with van der Waals surface area (Å²) >= 11 is 11.1. The fourth-order valence-corrected chi connectivity index (χ4v) is 1.36. The molecule has 0 aliphatic carbocycles. The Hall–Kier alpha value is -1.41. The van der Waals surface area contributed by atoms with E-state index in [1.165, 1.54) is 4.90 Å². The Bertz CT molecular complexity index is 334. The van der Waals surface area contributed by atoms with Gasteiger partial charge in [-0.25, -0.2) is 0 Å². The van der Waals surface area contributed by atoms with E-state index < -0.39 is 0 Å². The van der Waals surface area contributed by atoms with Gasteiger partial charge in [0.25, 0.3) is 0 Å². The number of hydrogen-bond acceptors (Lipinski definition) is 4. The minimum atomic E-state index is -0.215. The Morgan fingerprint density at radius 1 is 0.933 bits per heavy atom. The maximum atomic E-state index is 8.84. The van der Waals surface area contributed by atoms with Crippen LogP contribution in [0, 0.1) is 34.0 Å². The van der Waals surface area contributed by atoms with Crippen LogP contribution >= 0.6 is 23.2 Å². The molecule has 0 aliphatic heterocycles. The lowest BCUT2D eigenvalue weighted by molar-refractivity contribution is 0.400. The molecule has 0 spiro atoms. The molecule has 0 amide bonds. The van der Waals surface area contributed by atoms with E-state index in [2.05, 4.69) is 0 Å². The first-order valence-electron chi connectivity index (χ1n) is 4.06. The molecule has 0 fully saturated rings. The van der Waals surface area contributed by atoms with Crippen LogP contribution in [0.25, 0.3) is 0 Å². The third-order valence-electron chi connectivity index (χ3n) is 1.59. The third kappa shape index (κ3) is 4.09. The molecule has 0 aliphatic rings. The SMILES string of the molecule is N#CC(C#N)=C(C#N)N(CCCl)CCCl. The Balaban J connectivity index is 5.09. The molecule has 0 aromatic heterocycles. The van der Waals surface area contributed by atoms with Gasteiger partial charge < -0.3 is 4.90 Å². The summed E-state index contributed by atoms with van der Waals surface area (Å²) in [5.74, 6) is 0.596. The first kappa shape index (κ1) is 13.6. The average molecular weight is 243 g/mol. The summed E-state index contributed by atoms with van der Waals surface area (Å²) in [6, 6.07) is 5.15. The molecular weight excluding hydrogens is 235 g/mol. The summed E-state index contributed by atoms with van der Waals surface area (Å²) in [6.07, 6.45) is 0. The van der Waals surface area contributed by atoms with Gasteiger partial charge in [0, 0.05) is 24.8 Å². The highest BCUT2D eigenvalue weighted by Crippen LogP contribution is 2.09. The van der Waals surface area contributed by atoms with Gasteiger partial charge in [0.15, 0.2) is 5.57 Å². The number of rotatable bonds is 5. The van der Waals surface area contributed by atoms with Crippen molar-refractivity contribution in [2.45, 2.75) is 0 Å². The van der Waals surface area contributed by atoms with E-state index in [1.54, 1.807) is 12.1 Å². The van der Waals surface area contributed by atoms with E-state index in [1.807, 2.05) is 6.07 Å². The van der Waals surface area contributed by atoms with Crippen LogP contribution in [0.15, 0.2) is 11.3 Å². The molecule has 0 bridgehead atoms. The van der Waals surface area contributed by atoms with Crippen LogP contribution in [0.3, 0.4) is 0 Å². The Labute approximate surface area is 98.5 Å². The van der Waals surface area contributed by atoms with E-state index >= 15 is 0 Å². The lowest BCUT2D eigenvalue weighted by Gasteiger charge is -2.20. The van der Waals surface area contributed by atoms with E-state index in [9.17, 15) is 0 Å². The van der Waals surface area contributed by atoms with Crippen LogP contribution in [0.4, 0.5) is 0 Å². The number of alkyl halides is 2. The predicted octanol–water partition coefficient (Wildman–Crippen LogP) is 1.59. The van der Waals surface area contributed by atoms with Crippen molar-refractivity contribution in [3.8, 4) is 18.2 Å².